The molecule has 0 bridgehead atoms. The van der Waals surface area contributed by atoms with Crippen molar-refractivity contribution in [1.29, 1.82) is 0 Å². The zero-order chi connectivity index (χ0) is 9.14. The largest absolute Gasteiger partial charge is 0.298 e. The second-order valence-corrected chi connectivity index (χ2v) is 2.78. The molecule has 0 radical (unpaired) electrons. The van der Waals surface area contributed by atoms with Gasteiger partial charge in [0.2, 0.25) is 0 Å². The predicted molar refractivity (Wildman–Crippen MR) is 46.2 cm³/mol. The van der Waals surface area contributed by atoms with E-state index in [9.17, 15) is 9.18 Å². The van der Waals surface area contributed by atoms with Crippen LogP contribution < -0.4 is 0 Å². The van der Waals surface area contributed by atoms with Crippen LogP contribution in [0.15, 0.2) is 12.1 Å². The molecular formula is C9H8ClFO. The number of benzene rings is 1. The average Bonchev–Trinajstić information content (AvgIpc) is 2.09. The summed E-state index contributed by atoms with van der Waals surface area (Å²) in [4.78, 5) is 10.5. The topological polar surface area (TPSA) is 17.1 Å². The van der Waals surface area contributed by atoms with E-state index in [1.807, 2.05) is 6.92 Å². The Balaban J connectivity index is 3.35. The highest BCUT2D eigenvalue weighted by Gasteiger charge is 2.08. The van der Waals surface area contributed by atoms with Crippen LogP contribution in [0, 0.1) is 5.82 Å². The van der Waals surface area contributed by atoms with E-state index in [4.69, 9.17) is 11.6 Å². The van der Waals surface area contributed by atoms with Crippen molar-refractivity contribution >= 4 is 17.9 Å². The van der Waals surface area contributed by atoms with Crippen molar-refractivity contribution < 1.29 is 9.18 Å². The van der Waals surface area contributed by atoms with Gasteiger partial charge in [-0.2, -0.15) is 0 Å². The minimum Gasteiger partial charge on any atom is -0.298 e. The smallest absolute Gasteiger partial charge is 0.150 e. The molecule has 12 heavy (non-hydrogen) atoms. The lowest BCUT2D eigenvalue weighted by Gasteiger charge is -2.04. The molecule has 0 aromatic heterocycles. The maximum Gasteiger partial charge on any atom is 0.150 e. The molecule has 0 spiro atoms. The lowest BCUT2D eigenvalue weighted by atomic mass is 10.1. The van der Waals surface area contributed by atoms with Crippen LogP contribution in [0.1, 0.15) is 22.8 Å². The van der Waals surface area contributed by atoms with Gasteiger partial charge in [0.15, 0.2) is 0 Å². The van der Waals surface area contributed by atoms with Crippen LogP contribution >= 0.6 is 11.6 Å². The summed E-state index contributed by atoms with van der Waals surface area (Å²) in [5, 5.41) is 0.0575. The number of hydrogen-bond donors (Lipinski definition) is 0. The van der Waals surface area contributed by atoms with Gasteiger partial charge in [-0.1, -0.05) is 18.5 Å². The van der Waals surface area contributed by atoms with Gasteiger partial charge in [0.25, 0.3) is 0 Å². The van der Waals surface area contributed by atoms with Gasteiger partial charge in [0.05, 0.1) is 5.02 Å². The van der Waals surface area contributed by atoms with Gasteiger partial charge in [-0.3, -0.25) is 4.79 Å². The first-order valence-corrected chi connectivity index (χ1v) is 4.00. The van der Waals surface area contributed by atoms with E-state index < -0.39 is 5.82 Å². The minimum atomic E-state index is -0.473. The summed E-state index contributed by atoms with van der Waals surface area (Å²) < 4.78 is 12.8. The lowest BCUT2D eigenvalue weighted by molar-refractivity contribution is 0.112. The summed E-state index contributed by atoms with van der Waals surface area (Å²) in [6.45, 7) is 1.83. The second kappa shape index (κ2) is 3.68. The van der Waals surface area contributed by atoms with Crippen molar-refractivity contribution in [3.63, 3.8) is 0 Å². The summed E-state index contributed by atoms with van der Waals surface area (Å²) in [6.07, 6.45) is 1.24. The number of hydrogen-bond acceptors (Lipinski definition) is 1. The Bertz CT molecular complexity index is 310. The molecule has 1 aromatic rings. The van der Waals surface area contributed by atoms with E-state index in [2.05, 4.69) is 0 Å². The van der Waals surface area contributed by atoms with Crippen LogP contribution in [-0.2, 0) is 6.42 Å². The van der Waals surface area contributed by atoms with Crippen LogP contribution in [0.4, 0.5) is 4.39 Å². The standard InChI is InChI=1S/C9H8ClFO/c1-2-7-6(5-12)3-4-8(11)9(7)10/h3-5H,2H2,1H3. The first kappa shape index (κ1) is 9.20. The molecule has 0 aliphatic carbocycles. The average molecular weight is 187 g/mol. The molecule has 0 aliphatic rings. The van der Waals surface area contributed by atoms with Gasteiger partial charge in [-0.25, -0.2) is 4.39 Å². The molecule has 1 aromatic carbocycles. The van der Waals surface area contributed by atoms with E-state index in [0.29, 0.717) is 23.8 Å². The summed E-state index contributed by atoms with van der Waals surface area (Å²) in [7, 11) is 0. The molecule has 0 atom stereocenters. The van der Waals surface area contributed by atoms with Gasteiger partial charge in [0, 0.05) is 5.56 Å². The molecule has 0 saturated heterocycles. The Kier molecular flexibility index (Phi) is 2.82. The third-order valence-corrected chi connectivity index (χ3v) is 2.12. The molecule has 0 amide bonds. The van der Waals surface area contributed by atoms with E-state index in [1.165, 1.54) is 12.1 Å². The van der Waals surface area contributed by atoms with E-state index in [-0.39, 0.29) is 5.02 Å². The van der Waals surface area contributed by atoms with E-state index in [1.54, 1.807) is 0 Å². The molecule has 64 valence electrons. The maximum absolute atomic E-state index is 12.8. The molecule has 0 saturated carbocycles. The van der Waals surface area contributed by atoms with Gasteiger partial charge < -0.3 is 0 Å². The van der Waals surface area contributed by atoms with Crippen molar-refractivity contribution in [1.82, 2.24) is 0 Å². The first-order chi connectivity index (χ1) is 5.70. The quantitative estimate of drug-likeness (QED) is 0.650. The van der Waals surface area contributed by atoms with Crippen molar-refractivity contribution in [3.8, 4) is 0 Å². The second-order valence-electron chi connectivity index (χ2n) is 2.40. The minimum absolute atomic E-state index is 0.0575. The molecule has 1 nitrogen and oxygen atoms in total. The highest BCUT2D eigenvalue weighted by Crippen LogP contribution is 2.22. The molecule has 0 heterocycles. The highest BCUT2D eigenvalue weighted by molar-refractivity contribution is 6.31. The number of rotatable bonds is 2. The molecule has 3 heteroatoms. The van der Waals surface area contributed by atoms with Crippen molar-refractivity contribution in [2.45, 2.75) is 13.3 Å². The van der Waals surface area contributed by atoms with E-state index >= 15 is 0 Å². The maximum atomic E-state index is 12.8. The zero-order valence-electron chi connectivity index (χ0n) is 6.60. The Hall–Kier alpha value is -0.890. The fraction of sp³-hybridized carbons (Fsp3) is 0.222. The lowest BCUT2D eigenvalue weighted by Crippen LogP contribution is -1.94. The fourth-order valence-corrected chi connectivity index (χ4v) is 1.38. The number of carbonyl (C=O) groups is 1. The van der Waals surface area contributed by atoms with Crippen molar-refractivity contribution in [2.75, 3.05) is 0 Å². The predicted octanol–water partition coefficient (Wildman–Crippen LogP) is 2.85. The molecule has 0 unspecified atom stereocenters. The summed E-state index contributed by atoms with van der Waals surface area (Å²) >= 11 is 5.64. The van der Waals surface area contributed by atoms with Gasteiger partial charge in [-0.05, 0) is 24.1 Å². The molecule has 0 aliphatic heterocycles. The number of carbonyl (C=O) groups excluding carboxylic acids is 1. The number of halogens is 2. The van der Waals surface area contributed by atoms with Crippen molar-refractivity contribution in [3.05, 3.63) is 34.1 Å². The highest BCUT2D eigenvalue weighted by atomic mass is 35.5. The van der Waals surface area contributed by atoms with Crippen LogP contribution in [-0.4, -0.2) is 6.29 Å². The Morgan fingerprint density at radius 1 is 1.58 bits per heavy atom. The Labute approximate surface area is 75.2 Å². The Morgan fingerprint density at radius 3 is 2.75 bits per heavy atom. The summed E-state index contributed by atoms with van der Waals surface area (Å²) in [5.41, 5.74) is 1.04. The Morgan fingerprint density at radius 2 is 2.25 bits per heavy atom. The molecule has 1 rings (SSSR count). The third-order valence-electron chi connectivity index (χ3n) is 1.71. The normalized spacial score (nSPS) is 9.92. The van der Waals surface area contributed by atoms with Crippen molar-refractivity contribution in [2.24, 2.45) is 0 Å². The SMILES string of the molecule is CCc1c(C=O)ccc(F)c1Cl. The van der Waals surface area contributed by atoms with E-state index in [0.717, 1.165) is 0 Å². The first-order valence-electron chi connectivity index (χ1n) is 3.62. The van der Waals surface area contributed by atoms with Gasteiger partial charge in [-0.15, -0.1) is 0 Å². The van der Waals surface area contributed by atoms with Crippen LogP contribution in [0.25, 0.3) is 0 Å². The van der Waals surface area contributed by atoms with Crippen LogP contribution in [0.5, 0.6) is 0 Å². The molecule has 0 fully saturated rings. The fourth-order valence-electron chi connectivity index (χ4n) is 1.08. The summed E-state index contributed by atoms with van der Waals surface area (Å²) in [6, 6.07) is 2.64. The zero-order valence-corrected chi connectivity index (χ0v) is 7.36. The van der Waals surface area contributed by atoms with Crippen LogP contribution in [0.3, 0.4) is 0 Å². The third kappa shape index (κ3) is 1.48. The van der Waals surface area contributed by atoms with Gasteiger partial charge in [0.1, 0.15) is 12.1 Å². The number of aldehydes is 1. The monoisotopic (exact) mass is 186 g/mol. The van der Waals surface area contributed by atoms with Gasteiger partial charge >= 0.3 is 0 Å². The molecule has 0 N–H and O–H groups in total. The van der Waals surface area contributed by atoms with Crippen LogP contribution in [0.2, 0.25) is 5.02 Å². The molecular weight excluding hydrogens is 179 g/mol. The summed E-state index contributed by atoms with van der Waals surface area (Å²) in [5.74, 6) is -0.473.